The molecule has 0 N–H and O–H groups in total. The molecule has 0 bridgehead atoms. The maximum Gasteiger partial charge on any atom is 0.331 e. The van der Waals surface area contributed by atoms with Gasteiger partial charge in [0.25, 0.3) is 5.88 Å². The van der Waals surface area contributed by atoms with Gasteiger partial charge in [-0.25, -0.2) is 4.98 Å². The minimum Gasteiger partial charge on any atom is -0.493 e. The van der Waals surface area contributed by atoms with Gasteiger partial charge in [-0.2, -0.15) is 0 Å². The van der Waals surface area contributed by atoms with Crippen molar-refractivity contribution in [3.63, 3.8) is 0 Å². The van der Waals surface area contributed by atoms with Gasteiger partial charge in [0.15, 0.2) is 11.5 Å². The summed E-state index contributed by atoms with van der Waals surface area (Å²) in [4.78, 5) is 14.4. The van der Waals surface area contributed by atoms with Crippen LogP contribution >= 0.6 is 0 Å². The van der Waals surface area contributed by atoms with Gasteiger partial charge in [-0.1, -0.05) is 12.1 Å². The van der Waals surface area contributed by atoms with Gasteiger partial charge in [0.1, 0.15) is 0 Å². The Hall–Kier alpha value is -2.63. The number of nitrogens with zero attached hydrogens (tertiary/aromatic N) is 2. The van der Waals surface area contributed by atoms with E-state index in [0.29, 0.717) is 17.2 Å². The molecule has 0 saturated carbocycles. The van der Waals surface area contributed by atoms with Crippen LogP contribution in [0.25, 0.3) is 0 Å². The van der Waals surface area contributed by atoms with Crippen LogP contribution in [0.5, 0.6) is 17.4 Å². The van der Waals surface area contributed by atoms with E-state index in [-0.39, 0.29) is 11.6 Å². The Bertz CT molecular complexity index is 613. The van der Waals surface area contributed by atoms with Crippen molar-refractivity contribution in [2.75, 3.05) is 7.11 Å². The first kappa shape index (κ1) is 12.8. The van der Waals surface area contributed by atoms with Crippen LogP contribution in [-0.4, -0.2) is 17.0 Å². The van der Waals surface area contributed by atoms with E-state index in [1.165, 1.54) is 13.2 Å². The normalized spacial score (nSPS) is 10.0. The molecule has 0 atom stereocenters. The third-order valence-electron chi connectivity index (χ3n) is 2.45. The minimum atomic E-state index is -0.531. The third kappa shape index (κ3) is 2.79. The van der Waals surface area contributed by atoms with E-state index in [2.05, 4.69) is 4.98 Å². The van der Waals surface area contributed by atoms with Crippen LogP contribution in [0.15, 0.2) is 36.4 Å². The highest BCUT2D eigenvalue weighted by molar-refractivity contribution is 5.47. The predicted octanol–water partition coefficient (Wildman–Crippen LogP) is 3.10. The molecule has 0 saturated heterocycles. The molecule has 19 heavy (non-hydrogen) atoms. The highest BCUT2D eigenvalue weighted by atomic mass is 16.6. The van der Waals surface area contributed by atoms with E-state index in [0.717, 1.165) is 0 Å². The molecule has 2 rings (SSSR count). The summed E-state index contributed by atoms with van der Waals surface area (Å²) in [6.45, 7) is 1.73. The summed E-state index contributed by atoms with van der Waals surface area (Å²) < 4.78 is 10.6. The van der Waals surface area contributed by atoms with Gasteiger partial charge in [-0.3, -0.25) is 10.1 Å². The van der Waals surface area contributed by atoms with Crippen LogP contribution in [0.1, 0.15) is 5.69 Å². The van der Waals surface area contributed by atoms with Crippen LogP contribution < -0.4 is 9.47 Å². The lowest BCUT2D eigenvalue weighted by molar-refractivity contribution is -0.386. The van der Waals surface area contributed by atoms with Crippen molar-refractivity contribution in [3.8, 4) is 17.4 Å². The molecule has 1 aromatic carbocycles. The first-order valence-electron chi connectivity index (χ1n) is 5.54. The molecule has 0 spiro atoms. The van der Waals surface area contributed by atoms with Crippen LogP contribution in [-0.2, 0) is 0 Å². The zero-order valence-electron chi connectivity index (χ0n) is 10.5. The maximum absolute atomic E-state index is 10.9. The molecule has 2 aromatic rings. The number of benzene rings is 1. The number of pyridine rings is 1. The molecular weight excluding hydrogens is 248 g/mol. The molecule has 0 aliphatic carbocycles. The molecular formula is C13H12N2O4. The summed E-state index contributed by atoms with van der Waals surface area (Å²) >= 11 is 0. The van der Waals surface area contributed by atoms with Gasteiger partial charge in [-0.15, -0.1) is 0 Å². The van der Waals surface area contributed by atoms with Crippen molar-refractivity contribution in [3.05, 3.63) is 52.2 Å². The average molecular weight is 260 g/mol. The topological polar surface area (TPSA) is 74.5 Å². The van der Waals surface area contributed by atoms with Gasteiger partial charge in [0, 0.05) is 11.8 Å². The molecule has 0 unspecified atom stereocenters. The summed E-state index contributed by atoms with van der Waals surface area (Å²) in [7, 11) is 1.50. The summed E-state index contributed by atoms with van der Waals surface area (Å²) in [6.07, 6.45) is 0. The van der Waals surface area contributed by atoms with Gasteiger partial charge in [-0.05, 0) is 25.1 Å². The largest absolute Gasteiger partial charge is 0.493 e. The molecule has 0 fully saturated rings. The number of methoxy groups -OCH3 is 1. The molecule has 98 valence electrons. The quantitative estimate of drug-likeness (QED) is 0.623. The second kappa shape index (κ2) is 5.34. The van der Waals surface area contributed by atoms with Crippen LogP contribution in [0, 0.1) is 17.0 Å². The fourth-order valence-corrected chi connectivity index (χ4v) is 1.55. The average Bonchev–Trinajstić information content (AvgIpc) is 2.39. The fourth-order valence-electron chi connectivity index (χ4n) is 1.55. The molecule has 6 nitrogen and oxygen atoms in total. The Kier molecular flexibility index (Phi) is 3.61. The third-order valence-corrected chi connectivity index (χ3v) is 2.45. The van der Waals surface area contributed by atoms with E-state index in [9.17, 15) is 10.1 Å². The number of para-hydroxylation sites is 2. The summed E-state index contributed by atoms with van der Waals surface area (Å²) in [6, 6.07) is 9.83. The van der Waals surface area contributed by atoms with Gasteiger partial charge >= 0.3 is 5.69 Å². The number of aromatic nitrogens is 1. The lowest BCUT2D eigenvalue weighted by atomic mass is 10.3. The molecule has 0 aliphatic heterocycles. The molecule has 1 aromatic heterocycles. The second-order valence-electron chi connectivity index (χ2n) is 3.79. The van der Waals surface area contributed by atoms with Crippen LogP contribution in [0.3, 0.4) is 0 Å². The Morgan fingerprint density at radius 3 is 2.47 bits per heavy atom. The van der Waals surface area contributed by atoms with Crippen molar-refractivity contribution in [1.82, 2.24) is 4.98 Å². The predicted molar refractivity (Wildman–Crippen MR) is 68.7 cm³/mol. The van der Waals surface area contributed by atoms with Crippen LogP contribution in [0.4, 0.5) is 5.69 Å². The first-order valence-corrected chi connectivity index (χ1v) is 5.54. The number of aryl methyl sites for hydroxylation is 1. The van der Waals surface area contributed by atoms with E-state index in [4.69, 9.17) is 9.47 Å². The van der Waals surface area contributed by atoms with E-state index in [1.807, 2.05) is 0 Å². The van der Waals surface area contributed by atoms with E-state index >= 15 is 0 Å². The second-order valence-corrected chi connectivity index (χ2v) is 3.79. The van der Waals surface area contributed by atoms with Crippen LogP contribution in [0.2, 0.25) is 0 Å². The summed E-state index contributed by atoms with van der Waals surface area (Å²) in [5, 5.41) is 10.9. The Morgan fingerprint density at radius 1 is 1.16 bits per heavy atom. The Morgan fingerprint density at radius 2 is 1.84 bits per heavy atom. The maximum atomic E-state index is 10.9. The van der Waals surface area contributed by atoms with Crippen molar-refractivity contribution >= 4 is 5.69 Å². The van der Waals surface area contributed by atoms with Gasteiger partial charge in [0.2, 0.25) is 0 Å². The number of nitro groups is 1. The first-order chi connectivity index (χ1) is 9.11. The van der Waals surface area contributed by atoms with Crippen molar-refractivity contribution < 1.29 is 14.4 Å². The molecule has 0 aliphatic rings. The molecule has 1 heterocycles. The zero-order chi connectivity index (χ0) is 13.8. The molecule has 0 radical (unpaired) electrons. The highest BCUT2D eigenvalue weighted by Crippen LogP contribution is 2.34. The van der Waals surface area contributed by atoms with Gasteiger partial charge < -0.3 is 9.47 Å². The fraction of sp³-hybridized carbons (Fsp3) is 0.154. The lowest BCUT2D eigenvalue weighted by Crippen LogP contribution is -1.98. The SMILES string of the molecule is COc1ccccc1Oc1nc(C)ccc1[N+](=O)[O-]. The van der Waals surface area contributed by atoms with E-state index < -0.39 is 4.92 Å². The lowest BCUT2D eigenvalue weighted by Gasteiger charge is -2.09. The highest BCUT2D eigenvalue weighted by Gasteiger charge is 2.18. The Balaban J connectivity index is 2.42. The van der Waals surface area contributed by atoms with E-state index in [1.54, 1.807) is 37.3 Å². The van der Waals surface area contributed by atoms with Crippen molar-refractivity contribution in [1.29, 1.82) is 0 Å². The van der Waals surface area contributed by atoms with Crippen molar-refractivity contribution in [2.24, 2.45) is 0 Å². The summed E-state index contributed by atoms with van der Waals surface area (Å²) in [5.74, 6) is 0.820. The summed E-state index contributed by atoms with van der Waals surface area (Å²) in [5.41, 5.74) is 0.451. The minimum absolute atomic E-state index is 0.0468. The number of hydrogen-bond acceptors (Lipinski definition) is 5. The number of rotatable bonds is 4. The Labute approximate surface area is 109 Å². The zero-order valence-corrected chi connectivity index (χ0v) is 10.5. The van der Waals surface area contributed by atoms with Crippen molar-refractivity contribution in [2.45, 2.75) is 6.92 Å². The van der Waals surface area contributed by atoms with Gasteiger partial charge in [0.05, 0.1) is 12.0 Å². The monoisotopic (exact) mass is 260 g/mol. The molecule has 6 heteroatoms. The number of ether oxygens (including phenoxy) is 2. The molecule has 0 amide bonds. The number of hydrogen-bond donors (Lipinski definition) is 0. The standard InChI is InChI=1S/C13H12N2O4/c1-9-7-8-10(15(16)17)13(14-9)19-12-6-4-3-5-11(12)18-2/h3-8H,1-2H3. The smallest absolute Gasteiger partial charge is 0.331 e.